The molecule has 7 nitrogen and oxygen atoms in total. The Morgan fingerprint density at radius 2 is 1.87 bits per heavy atom. The maximum Gasteiger partial charge on any atom is 0.253 e. The third-order valence-corrected chi connectivity index (χ3v) is 7.28. The molecule has 1 aromatic carbocycles. The lowest BCUT2D eigenvalue weighted by Gasteiger charge is -2.36. The van der Waals surface area contributed by atoms with E-state index in [2.05, 4.69) is 44.5 Å². The molecule has 2 aromatic heterocycles. The van der Waals surface area contributed by atoms with Gasteiger partial charge in [-0.15, -0.1) is 5.10 Å². The van der Waals surface area contributed by atoms with Gasteiger partial charge in [0.15, 0.2) is 5.82 Å². The van der Waals surface area contributed by atoms with Gasteiger partial charge in [0, 0.05) is 5.56 Å². The molecule has 1 aliphatic heterocycles. The molecule has 0 bridgehead atoms. The number of nitrogens with one attached hydrogen (secondary N) is 1. The van der Waals surface area contributed by atoms with E-state index in [4.69, 9.17) is 0 Å². The smallest absolute Gasteiger partial charge is 0.253 e. The first kappa shape index (κ1) is 20.4. The number of likely N-dealkylation sites (tertiary alicyclic amines) is 1. The van der Waals surface area contributed by atoms with Crippen LogP contribution in [0.15, 0.2) is 29.1 Å². The second-order valence-electron chi connectivity index (χ2n) is 9.49. The van der Waals surface area contributed by atoms with Gasteiger partial charge in [0.2, 0.25) is 0 Å². The Kier molecular flexibility index (Phi) is 5.61. The number of hydrogen-bond donors (Lipinski definition) is 1. The van der Waals surface area contributed by atoms with Crippen molar-refractivity contribution in [3.05, 3.63) is 51.6 Å². The van der Waals surface area contributed by atoms with Gasteiger partial charge in [-0.25, -0.2) is 4.68 Å². The van der Waals surface area contributed by atoms with Crippen LogP contribution in [-0.2, 0) is 0 Å². The van der Waals surface area contributed by atoms with Crippen LogP contribution in [0.3, 0.4) is 0 Å². The summed E-state index contributed by atoms with van der Waals surface area (Å²) in [6.07, 6.45) is 8.19. The number of aromatic nitrogens is 5. The van der Waals surface area contributed by atoms with Crippen molar-refractivity contribution in [1.29, 1.82) is 0 Å². The van der Waals surface area contributed by atoms with E-state index in [-0.39, 0.29) is 11.6 Å². The molecule has 1 atom stereocenters. The number of benzene rings is 1. The molecule has 2 aliphatic rings. The van der Waals surface area contributed by atoms with Crippen molar-refractivity contribution in [2.45, 2.75) is 70.9 Å². The van der Waals surface area contributed by atoms with Crippen LogP contribution in [0.5, 0.6) is 0 Å². The van der Waals surface area contributed by atoms with E-state index >= 15 is 0 Å². The Labute approximate surface area is 182 Å². The molecule has 3 heterocycles. The zero-order valence-electron chi connectivity index (χ0n) is 18.5. The highest BCUT2D eigenvalue weighted by atomic mass is 16.1. The fraction of sp³-hybridized carbons (Fsp3) is 0.583. The lowest BCUT2D eigenvalue weighted by molar-refractivity contribution is 0.146. The number of hydrogen-bond acceptors (Lipinski definition) is 5. The molecular formula is C24H32N6O. The SMILES string of the molecule is Cc1cccc2cc([C@H](c3nnnn3C3CCCCC3)N3CCC(C)CC3)c(=O)[nH]c12. The Hall–Kier alpha value is -2.54. The molecule has 164 valence electrons. The molecule has 2 fully saturated rings. The minimum Gasteiger partial charge on any atom is -0.321 e. The average molecular weight is 421 g/mol. The van der Waals surface area contributed by atoms with E-state index in [1.165, 1.54) is 19.3 Å². The standard InChI is InChI=1S/C24H32N6O/c1-16-11-13-29(14-12-16)22(23-26-27-28-30(23)19-9-4-3-5-10-19)20-15-18-8-6-7-17(2)21(18)25-24(20)31/h6-8,15-16,19,22H,3-5,9-14H2,1-2H3,(H,25,31)/t22-/m1/s1. The minimum atomic E-state index is -0.224. The number of nitrogens with zero attached hydrogens (tertiary/aromatic N) is 5. The summed E-state index contributed by atoms with van der Waals surface area (Å²) >= 11 is 0. The van der Waals surface area contributed by atoms with Crippen LogP contribution in [0.4, 0.5) is 0 Å². The molecule has 0 radical (unpaired) electrons. The first-order valence-corrected chi connectivity index (χ1v) is 11.8. The summed E-state index contributed by atoms with van der Waals surface area (Å²) in [5.74, 6) is 1.53. The van der Waals surface area contributed by atoms with Crippen LogP contribution in [0, 0.1) is 12.8 Å². The lowest BCUT2D eigenvalue weighted by Crippen LogP contribution is -2.40. The van der Waals surface area contributed by atoms with Crippen LogP contribution >= 0.6 is 0 Å². The van der Waals surface area contributed by atoms with E-state index < -0.39 is 0 Å². The Balaban J connectivity index is 1.63. The number of tetrazole rings is 1. The Bertz CT molecular complexity index is 1100. The number of piperidine rings is 1. The first-order valence-electron chi connectivity index (χ1n) is 11.8. The van der Waals surface area contributed by atoms with Gasteiger partial charge in [-0.2, -0.15) is 0 Å². The highest BCUT2D eigenvalue weighted by molar-refractivity contribution is 5.82. The van der Waals surface area contributed by atoms with E-state index in [9.17, 15) is 4.79 Å². The van der Waals surface area contributed by atoms with Crippen molar-refractivity contribution in [3.8, 4) is 0 Å². The van der Waals surface area contributed by atoms with Gasteiger partial charge < -0.3 is 4.98 Å². The fourth-order valence-corrected chi connectivity index (χ4v) is 5.36. The van der Waals surface area contributed by atoms with E-state index in [1.807, 2.05) is 23.7 Å². The van der Waals surface area contributed by atoms with Crippen molar-refractivity contribution in [3.63, 3.8) is 0 Å². The fourth-order valence-electron chi connectivity index (χ4n) is 5.36. The van der Waals surface area contributed by atoms with Gasteiger partial charge in [0.25, 0.3) is 5.56 Å². The topological polar surface area (TPSA) is 79.7 Å². The van der Waals surface area contributed by atoms with Crippen LogP contribution in [0.25, 0.3) is 10.9 Å². The third-order valence-electron chi connectivity index (χ3n) is 7.28. The maximum atomic E-state index is 13.4. The normalized spacial score (nSPS) is 20.3. The average Bonchev–Trinajstić information content (AvgIpc) is 3.26. The zero-order valence-corrected chi connectivity index (χ0v) is 18.5. The van der Waals surface area contributed by atoms with Crippen LogP contribution < -0.4 is 5.56 Å². The molecular weight excluding hydrogens is 388 g/mol. The van der Waals surface area contributed by atoms with Crippen LogP contribution in [0.1, 0.15) is 80.9 Å². The largest absolute Gasteiger partial charge is 0.321 e. The predicted octanol–water partition coefficient (Wildman–Crippen LogP) is 4.15. The maximum absolute atomic E-state index is 13.4. The molecule has 0 spiro atoms. The highest BCUT2D eigenvalue weighted by Gasteiger charge is 2.34. The van der Waals surface area contributed by atoms with Gasteiger partial charge in [0.05, 0.1) is 11.6 Å². The second-order valence-corrected chi connectivity index (χ2v) is 9.49. The summed E-state index contributed by atoms with van der Waals surface area (Å²) in [6, 6.07) is 8.31. The minimum absolute atomic E-state index is 0.0383. The van der Waals surface area contributed by atoms with Gasteiger partial charge >= 0.3 is 0 Å². The quantitative estimate of drug-likeness (QED) is 0.686. The second kappa shape index (κ2) is 8.54. The van der Waals surface area contributed by atoms with Crippen LogP contribution in [0.2, 0.25) is 0 Å². The molecule has 0 unspecified atom stereocenters. The zero-order chi connectivity index (χ0) is 21.4. The molecule has 5 rings (SSSR count). The molecule has 1 aliphatic carbocycles. The van der Waals surface area contributed by atoms with Gasteiger partial charge in [0.1, 0.15) is 6.04 Å². The Morgan fingerprint density at radius 1 is 1.10 bits per heavy atom. The summed E-state index contributed by atoms with van der Waals surface area (Å²) in [5, 5.41) is 14.1. The molecule has 1 N–H and O–H groups in total. The molecule has 1 saturated carbocycles. The lowest BCUT2D eigenvalue weighted by atomic mass is 9.93. The van der Waals surface area contributed by atoms with Gasteiger partial charge in [-0.3, -0.25) is 9.69 Å². The predicted molar refractivity (Wildman–Crippen MR) is 121 cm³/mol. The van der Waals surface area contributed by atoms with Gasteiger partial charge in [-0.05, 0) is 79.1 Å². The van der Waals surface area contributed by atoms with Gasteiger partial charge in [-0.1, -0.05) is 44.4 Å². The number of rotatable bonds is 4. The van der Waals surface area contributed by atoms with Crippen molar-refractivity contribution < 1.29 is 0 Å². The summed E-state index contributed by atoms with van der Waals surface area (Å²) < 4.78 is 2.03. The molecule has 0 amide bonds. The van der Waals surface area contributed by atoms with Crippen molar-refractivity contribution in [2.24, 2.45) is 5.92 Å². The molecule has 3 aromatic rings. The van der Waals surface area contributed by atoms with Crippen molar-refractivity contribution >= 4 is 10.9 Å². The Morgan fingerprint density at radius 3 is 2.65 bits per heavy atom. The number of pyridine rings is 1. The number of aryl methyl sites for hydroxylation is 1. The molecule has 31 heavy (non-hydrogen) atoms. The van der Waals surface area contributed by atoms with E-state index in [0.717, 1.165) is 66.6 Å². The summed E-state index contributed by atoms with van der Waals surface area (Å²) in [4.78, 5) is 18.9. The molecule has 1 saturated heterocycles. The third kappa shape index (κ3) is 3.91. The van der Waals surface area contributed by atoms with Crippen molar-refractivity contribution in [1.82, 2.24) is 30.1 Å². The number of H-pyrrole nitrogens is 1. The number of fused-ring (bicyclic) bond motifs is 1. The number of para-hydroxylation sites is 1. The van der Waals surface area contributed by atoms with E-state index in [1.54, 1.807) is 0 Å². The van der Waals surface area contributed by atoms with Crippen LogP contribution in [-0.4, -0.2) is 43.2 Å². The van der Waals surface area contributed by atoms with Crippen molar-refractivity contribution in [2.75, 3.05) is 13.1 Å². The summed E-state index contributed by atoms with van der Waals surface area (Å²) in [7, 11) is 0. The number of aromatic amines is 1. The summed E-state index contributed by atoms with van der Waals surface area (Å²) in [6.45, 7) is 6.25. The first-order chi connectivity index (χ1) is 15.1. The highest BCUT2D eigenvalue weighted by Crippen LogP contribution is 2.34. The summed E-state index contributed by atoms with van der Waals surface area (Å²) in [5.41, 5.74) is 2.70. The monoisotopic (exact) mass is 420 g/mol. The van der Waals surface area contributed by atoms with E-state index in [0.29, 0.717) is 12.0 Å². The molecule has 7 heteroatoms.